The highest BCUT2D eigenvalue weighted by Crippen LogP contribution is 2.25. The topological polar surface area (TPSA) is 85.0 Å². The second-order valence-corrected chi connectivity index (χ2v) is 8.33. The maximum atomic E-state index is 14.9. The molecule has 0 spiro atoms. The Kier molecular flexibility index (Phi) is 5.22. The average molecular weight is 433 g/mol. The number of aromatic nitrogens is 4. The Morgan fingerprint density at radius 2 is 2.12 bits per heavy atom. The quantitative estimate of drug-likeness (QED) is 0.506. The molecule has 0 radical (unpaired) electrons. The number of aliphatic hydroxyl groups excluding tert-OH is 1. The van der Waals surface area contributed by atoms with Crippen molar-refractivity contribution in [3.05, 3.63) is 72.1 Å². The predicted molar refractivity (Wildman–Crippen MR) is 119 cm³/mol. The molecular formula is C24H24FN5O2. The van der Waals surface area contributed by atoms with Crippen molar-refractivity contribution >= 4 is 16.9 Å². The first-order valence-electron chi connectivity index (χ1n) is 10.7. The lowest BCUT2D eigenvalue weighted by Gasteiger charge is -2.15. The van der Waals surface area contributed by atoms with Crippen molar-refractivity contribution in [2.24, 2.45) is 7.05 Å². The van der Waals surface area contributed by atoms with Crippen LogP contribution in [0.4, 0.5) is 4.39 Å². The molecule has 1 amide bonds. The van der Waals surface area contributed by atoms with Gasteiger partial charge in [-0.05, 0) is 43.0 Å². The van der Waals surface area contributed by atoms with E-state index in [9.17, 15) is 14.3 Å². The van der Waals surface area contributed by atoms with E-state index in [4.69, 9.17) is 0 Å². The summed E-state index contributed by atoms with van der Waals surface area (Å²) < 4.78 is 18.5. The normalized spacial score (nSPS) is 18.3. The predicted octanol–water partition coefficient (Wildman–Crippen LogP) is 3.27. The summed E-state index contributed by atoms with van der Waals surface area (Å²) in [5.74, 6) is -0.594. The molecule has 0 bridgehead atoms. The molecule has 1 unspecified atom stereocenters. The van der Waals surface area contributed by atoms with E-state index in [1.807, 2.05) is 29.9 Å². The number of aliphatic hydroxyl groups is 1. The third-order valence-corrected chi connectivity index (χ3v) is 6.11. The van der Waals surface area contributed by atoms with Crippen molar-refractivity contribution in [3.63, 3.8) is 0 Å². The van der Waals surface area contributed by atoms with Gasteiger partial charge < -0.3 is 15.0 Å². The van der Waals surface area contributed by atoms with E-state index in [1.165, 1.54) is 6.07 Å². The van der Waals surface area contributed by atoms with E-state index in [0.29, 0.717) is 23.1 Å². The molecule has 0 aliphatic heterocycles. The van der Waals surface area contributed by atoms with Gasteiger partial charge in [0.2, 0.25) is 0 Å². The highest BCUT2D eigenvalue weighted by atomic mass is 19.1. The second kappa shape index (κ2) is 8.20. The van der Waals surface area contributed by atoms with E-state index in [2.05, 4.69) is 15.4 Å². The number of benzene rings is 1. The Morgan fingerprint density at radius 1 is 1.25 bits per heavy atom. The molecule has 8 heteroatoms. The number of aryl methyl sites for hydroxylation is 1. The van der Waals surface area contributed by atoms with Gasteiger partial charge in [-0.1, -0.05) is 12.1 Å². The van der Waals surface area contributed by atoms with Gasteiger partial charge in [0.15, 0.2) is 0 Å². The zero-order chi connectivity index (χ0) is 22.2. The zero-order valence-corrected chi connectivity index (χ0v) is 17.7. The van der Waals surface area contributed by atoms with Crippen LogP contribution in [0.5, 0.6) is 0 Å². The van der Waals surface area contributed by atoms with Crippen LogP contribution < -0.4 is 5.32 Å². The van der Waals surface area contributed by atoms with E-state index in [0.717, 1.165) is 29.5 Å². The monoisotopic (exact) mass is 433 g/mol. The van der Waals surface area contributed by atoms with Gasteiger partial charge >= 0.3 is 0 Å². The minimum atomic E-state index is -0.521. The molecule has 1 aromatic carbocycles. The average Bonchev–Trinajstić information content (AvgIpc) is 3.49. The number of pyridine rings is 1. The first-order chi connectivity index (χ1) is 15.5. The van der Waals surface area contributed by atoms with E-state index in [-0.39, 0.29) is 24.3 Å². The largest absolute Gasteiger partial charge is 0.391 e. The van der Waals surface area contributed by atoms with Gasteiger partial charge in [0, 0.05) is 36.8 Å². The number of carbonyl (C=O) groups excluding carboxylic acids is 1. The summed E-state index contributed by atoms with van der Waals surface area (Å²) in [5.41, 5.74) is 3.85. The maximum absolute atomic E-state index is 14.9. The standard InChI is InChI=1S/C24H24FN5O2/c1-29-12-17(11-27-29)15-7-8-16(19(25)10-15)13-30-14-18(23-21(30)5-3-9-26-23)24(32)28-20-4-2-6-22(20)31/h3,5,7-12,14,20,22,31H,2,4,6,13H2,1H3,(H,28,32)/t20?,22-/m0/s1. The molecule has 4 aromatic rings. The van der Waals surface area contributed by atoms with E-state index in [1.54, 1.807) is 35.4 Å². The molecule has 1 aliphatic rings. The number of fused-ring (bicyclic) bond motifs is 1. The van der Waals surface area contributed by atoms with Crippen LogP contribution in [-0.2, 0) is 13.6 Å². The van der Waals surface area contributed by atoms with Crippen LogP contribution in [-0.4, -0.2) is 42.5 Å². The molecule has 5 rings (SSSR count). The lowest BCUT2D eigenvalue weighted by atomic mass is 10.1. The van der Waals surface area contributed by atoms with Gasteiger partial charge in [-0.25, -0.2) is 4.39 Å². The first-order valence-corrected chi connectivity index (χ1v) is 10.7. The van der Waals surface area contributed by atoms with E-state index >= 15 is 0 Å². The number of halogens is 1. The summed E-state index contributed by atoms with van der Waals surface area (Å²) in [5, 5.41) is 17.1. The third-order valence-electron chi connectivity index (χ3n) is 6.11. The first kappa shape index (κ1) is 20.4. The van der Waals surface area contributed by atoms with Gasteiger partial charge in [-0.2, -0.15) is 5.10 Å². The van der Waals surface area contributed by atoms with Crippen molar-refractivity contribution < 1.29 is 14.3 Å². The number of hydrogen-bond donors (Lipinski definition) is 2. The van der Waals surface area contributed by atoms with Crippen molar-refractivity contribution in [2.75, 3.05) is 0 Å². The smallest absolute Gasteiger partial charge is 0.255 e. The summed E-state index contributed by atoms with van der Waals surface area (Å²) in [6, 6.07) is 8.55. The number of rotatable bonds is 5. The van der Waals surface area contributed by atoms with Crippen LogP contribution in [0.1, 0.15) is 35.2 Å². The van der Waals surface area contributed by atoms with Crippen molar-refractivity contribution in [3.8, 4) is 11.1 Å². The lowest BCUT2D eigenvalue weighted by molar-refractivity contribution is 0.0874. The molecule has 164 valence electrons. The molecule has 7 nitrogen and oxygen atoms in total. The number of carbonyl (C=O) groups is 1. The molecule has 1 fully saturated rings. The molecule has 3 heterocycles. The zero-order valence-electron chi connectivity index (χ0n) is 17.7. The van der Waals surface area contributed by atoms with E-state index < -0.39 is 6.10 Å². The van der Waals surface area contributed by atoms with Crippen LogP contribution in [0.25, 0.3) is 22.2 Å². The van der Waals surface area contributed by atoms with Gasteiger partial charge in [-0.15, -0.1) is 0 Å². The number of amides is 1. The molecule has 3 aromatic heterocycles. The summed E-state index contributed by atoms with van der Waals surface area (Å²) in [6.45, 7) is 0.265. The highest BCUT2D eigenvalue weighted by Gasteiger charge is 2.28. The Hall–Kier alpha value is -3.52. The number of nitrogens with zero attached hydrogens (tertiary/aromatic N) is 4. The molecule has 1 saturated carbocycles. The summed E-state index contributed by atoms with van der Waals surface area (Å²) >= 11 is 0. The van der Waals surface area contributed by atoms with Gasteiger partial charge in [0.1, 0.15) is 11.3 Å². The fraction of sp³-hybridized carbons (Fsp3) is 0.292. The molecular weight excluding hydrogens is 409 g/mol. The fourth-order valence-electron chi connectivity index (χ4n) is 4.38. The minimum absolute atomic E-state index is 0.248. The lowest BCUT2D eigenvalue weighted by Crippen LogP contribution is -2.39. The summed E-state index contributed by atoms with van der Waals surface area (Å²) in [4.78, 5) is 17.3. The molecule has 32 heavy (non-hydrogen) atoms. The fourth-order valence-corrected chi connectivity index (χ4v) is 4.38. The van der Waals surface area contributed by atoms with Crippen LogP contribution >= 0.6 is 0 Å². The van der Waals surface area contributed by atoms with Gasteiger partial charge in [0.05, 0.1) is 36.0 Å². The SMILES string of the molecule is Cn1cc(-c2ccc(Cn3cc(C(=O)NC4CCC[C@@H]4O)c4ncccc43)c(F)c2)cn1. The Bertz CT molecular complexity index is 1290. The molecule has 2 N–H and O–H groups in total. The molecule has 1 aliphatic carbocycles. The third kappa shape index (κ3) is 3.78. The Balaban J connectivity index is 1.44. The number of nitrogens with one attached hydrogen (secondary N) is 1. The van der Waals surface area contributed by atoms with Gasteiger partial charge in [0.25, 0.3) is 5.91 Å². The van der Waals surface area contributed by atoms with Crippen molar-refractivity contribution in [1.29, 1.82) is 0 Å². The summed E-state index contributed by atoms with van der Waals surface area (Å²) in [7, 11) is 1.82. The molecule has 2 atom stereocenters. The Labute approximate surface area is 184 Å². The summed E-state index contributed by atoms with van der Waals surface area (Å²) in [6.07, 6.45) is 8.71. The Morgan fingerprint density at radius 3 is 2.84 bits per heavy atom. The highest BCUT2D eigenvalue weighted by molar-refractivity contribution is 6.05. The van der Waals surface area contributed by atoms with Crippen molar-refractivity contribution in [2.45, 2.75) is 38.0 Å². The van der Waals surface area contributed by atoms with Crippen LogP contribution in [0.3, 0.4) is 0 Å². The van der Waals surface area contributed by atoms with Crippen LogP contribution in [0.15, 0.2) is 55.1 Å². The second-order valence-electron chi connectivity index (χ2n) is 8.33. The molecule has 0 saturated heterocycles. The minimum Gasteiger partial charge on any atom is -0.391 e. The maximum Gasteiger partial charge on any atom is 0.255 e. The van der Waals surface area contributed by atoms with Crippen LogP contribution in [0.2, 0.25) is 0 Å². The number of hydrogen-bond acceptors (Lipinski definition) is 4. The van der Waals surface area contributed by atoms with Crippen molar-refractivity contribution in [1.82, 2.24) is 24.6 Å². The van der Waals surface area contributed by atoms with Crippen LogP contribution in [0, 0.1) is 5.82 Å². The van der Waals surface area contributed by atoms with Gasteiger partial charge in [-0.3, -0.25) is 14.5 Å².